The number of phosphoric ester groups is 1. The summed E-state index contributed by atoms with van der Waals surface area (Å²) in [5, 5.41) is 119. The van der Waals surface area contributed by atoms with Crippen molar-refractivity contribution in [2.24, 2.45) is 0 Å². The average Bonchev–Trinajstić information content (AvgIpc) is 3.38. The number of amides is 1. The molecule has 0 spiro atoms. The fraction of sp³-hybridized carbons (Fsp3) is 0.981. The summed E-state index contributed by atoms with van der Waals surface area (Å²) in [4.78, 5) is 24.3. The molecule has 0 radical (unpaired) electrons. The number of rotatable bonds is 46. The lowest BCUT2D eigenvalue weighted by molar-refractivity contribution is -0.338. The van der Waals surface area contributed by atoms with E-state index in [0.717, 1.165) is 57.8 Å². The number of carbonyl (C=O) groups excluding carboxylic acids is 1. The van der Waals surface area contributed by atoms with Crippen molar-refractivity contribution in [2.75, 3.05) is 13.2 Å². The Bertz CT molecular complexity index is 1420. The SMILES string of the molecule is CCCCCCCCCCCCCCCCCCCCCCC(O)C(=O)NC(COP(=O)(O)OC1C(O)C(O)C(O)C(O)C1OC1OC(CO)C(O)C(O)C1O)C(O)C(O)CCCCCCCCCCCCCC. The van der Waals surface area contributed by atoms with Gasteiger partial charge in [0.05, 0.1) is 25.4 Å². The first-order chi connectivity index (χ1) is 35.5. The van der Waals surface area contributed by atoms with Gasteiger partial charge in [-0.15, -0.1) is 0 Å². The van der Waals surface area contributed by atoms with Crippen LogP contribution in [0.3, 0.4) is 0 Å². The van der Waals surface area contributed by atoms with Crippen LogP contribution in [0.1, 0.15) is 232 Å². The Morgan fingerprint density at radius 3 is 1.28 bits per heavy atom. The summed E-state index contributed by atoms with van der Waals surface area (Å²) in [6.07, 6.45) is 10.3. The van der Waals surface area contributed by atoms with Crippen molar-refractivity contribution in [3.63, 3.8) is 0 Å². The second-order valence-corrected chi connectivity index (χ2v) is 22.9. The molecule has 0 aromatic carbocycles. The molecule has 16 atom stereocenters. The van der Waals surface area contributed by atoms with Gasteiger partial charge in [0.15, 0.2) is 6.29 Å². The van der Waals surface area contributed by atoms with E-state index in [1.807, 2.05) is 0 Å². The normalized spacial score (nSPS) is 27.9. The van der Waals surface area contributed by atoms with Crippen LogP contribution >= 0.6 is 7.82 Å². The van der Waals surface area contributed by atoms with Gasteiger partial charge in [0.2, 0.25) is 5.91 Å². The van der Waals surface area contributed by atoms with E-state index in [4.69, 9.17) is 18.5 Å². The van der Waals surface area contributed by atoms with Crippen molar-refractivity contribution in [2.45, 2.75) is 324 Å². The van der Waals surface area contributed by atoms with Crippen LogP contribution in [0, 0.1) is 0 Å². The van der Waals surface area contributed by atoms with E-state index in [9.17, 15) is 70.4 Å². The van der Waals surface area contributed by atoms with Gasteiger partial charge in [0.1, 0.15) is 73.2 Å². The van der Waals surface area contributed by atoms with Gasteiger partial charge in [0, 0.05) is 0 Å². The number of unbranched alkanes of at least 4 members (excludes halogenated alkanes) is 30. The number of hydrogen-bond acceptors (Lipinski definition) is 17. The highest BCUT2D eigenvalue weighted by Gasteiger charge is 2.55. The van der Waals surface area contributed by atoms with Gasteiger partial charge in [-0.05, 0) is 12.8 Å². The lowest BCUT2D eigenvalue weighted by Gasteiger charge is -2.47. The Labute approximate surface area is 443 Å². The molecule has 19 nitrogen and oxygen atoms in total. The van der Waals surface area contributed by atoms with Crippen molar-refractivity contribution in [1.82, 2.24) is 5.32 Å². The molecule has 1 heterocycles. The fourth-order valence-electron chi connectivity index (χ4n) is 10.0. The standard InChI is InChI=1S/C54H106NO18P/c1-3-5-7-9-11-13-15-17-18-19-20-21-22-23-24-26-28-30-32-34-36-41(58)53(67)55-39(43(59)40(57)35-33-31-29-27-25-16-14-12-10-8-6-4-2)38-70-74(68,69)73-52-49(65)47(63)46(62)48(64)51(52)72-54-50(66)45(61)44(60)42(37-56)71-54/h39-52,54,56-66H,3-38H2,1-2H3,(H,55,67)(H,68,69). The topological polar surface area (TPSA) is 326 Å². The van der Waals surface area contributed by atoms with Crippen LogP contribution in [-0.2, 0) is 27.9 Å². The number of carbonyl (C=O) groups is 1. The van der Waals surface area contributed by atoms with Crippen molar-refractivity contribution >= 4 is 13.7 Å². The maximum atomic E-state index is 13.6. The number of nitrogens with one attached hydrogen (secondary N) is 1. The number of aliphatic hydroxyl groups is 11. The second-order valence-electron chi connectivity index (χ2n) is 21.5. The summed E-state index contributed by atoms with van der Waals surface area (Å²) in [7, 11) is -5.49. The van der Waals surface area contributed by atoms with Crippen LogP contribution in [-0.4, -0.2) is 172 Å². The molecule has 0 aromatic rings. The summed E-state index contributed by atoms with van der Waals surface area (Å²) in [5.41, 5.74) is 0. The van der Waals surface area contributed by atoms with Gasteiger partial charge >= 0.3 is 7.82 Å². The first-order valence-electron chi connectivity index (χ1n) is 29.2. The zero-order valence-corrected chi connectivity index (χ0v) is 46.3. The molecule has 20 heteroatoms. The first kappa shape index (κ1) is 69.2. The smallest absolute Gasteiger partial charge is 0.394 e. The van der Waals surface area contributed by atoms with Crippen LogP contribution in [0.25, 0.3) is 0 Å². The van der Waals surface area contributed by atoms with Crippen molar-refractivity contribution in [3.8, 4) is 0 Å². The van der Waals surface area contributed by atoms with Crippen molar-refractivity contribution < 1.29 is 88.9 Å². The molecule has 1 aliphatic heterocycles. The van der Waals surface area contributed by atoms with Crippen LogP contribution in [0.4, 0.5) is 0 Å². The maximum absolute atomic E-state index is 13.6. The molecule has 2 aliphatic rings. The van der Waals surface area contributed by atoms with E-state index in [1.165, 1.54) is 135 Å². The molecule has 0 bridgehead atoms. The molecule has 2 rings (SSSR count). The zero-order valence-electron chi connectivity index (χ0n) is 45.4. The van der Waals surface area contributed by atoms with Crippen molar-refractivity contribution in [3.05, 3.63) is 0 Å². The van der Waals surface area contributed by atoms with Gasteiger partial charge in [-0.2, -0.15) is 0 Å². The predicted molar refractivity (Wildman–Crippen MR) is 282 cm³/mol. The minimum atomic E-state index is -5.49. The minimum absolute atomic E-state index is 0.101. The molecule has 1 saturated carbocycles. The number of ether oxygens (including phenoxy) is 2. The van der Waals surface area contributed by atoms with Gasteiger partial charge in [0.25, 0.3) is 0 Å². The number of hydrogen-bond donors (Lipinski definition) is 13. The van der Waals surface area contributed by atoms with E-state index < -0.39 is 119 Å². The van der Waals surface area contributed by atoms with Gasteiger partial charge in [-0.1, -0.05) is 219 Å². The minimum Gasteiger partial charge on any atom is -0.394 e. The predicted octanol–water partition coefficient (Wildman–Crippen LogP) is 6.00. The highest BCUT2D eigenvalue weighted by Crippen LogP contribution is 2.48. The summed E-state index contributed by atoms with van der Waals surface area (Å²) in [5.74, 6) is -0.919. The highest BCUT2D eigenvalue weighted by molar-refractivity contribution is 7.47. The van der Waals surface area contributed by atoms with Gasteiger partial charge in [-0.25, -0.2) is 4.57 Å². The molecule has 0 aromatic heterocycles. The first-order valence-corrected chi connectivity index (χ1v) is 30.7. The summed E-state index contributed by atoms with van der Waals surface area (Å²) < 4.78 is 34.8. The lowest BCUT2D eigenvalue weighted by Crippen LogP contribution is -2.67. The number of phosphoric acid groups is 1. The molecule has 1 saturated heterocycles. The third-order valence-electron chi connectivity index (χ3n) is 15.0. The monoisotopic (exact) mass is 1090 g/mol. The molecule has 13 N–H and O–H groups in total. The summed E-state index contributed by atoms with van der Waals surface area (Å²) in [6.45, 7) is 2.59. The quantitative estimate of drug-likeness (QED) is 0.0245. The van der Waals surface area contributed by atoms with Crippen LogP contribution in [0.2, 0.25) is 0 Å². The summed E-state index contributed by atoms with van der Waals surface area (Å²) >= 11 is 0. The second kappa shape index (κ2) is 41.1. The Morgan fingerprint density at radius 2 is 0.878 bits per heavy atom. The van der Waals surface area contributed by atoms with E-state index in [2.05, 4.69) is 19.2 Å². The molecule has 74 heavy (non-hydrogen) atoms. The molecular weight excluding hydrogens is 982 g/mol. The van der Waals surface area contributed by atoms with Gasteiger partial charge in [-0.3, -0.25) is 13.8 Å². The Morgan fingerprint density at radius 1 is 0.514 bits per heavy atom. The zero-order chi connectivity index (χ0) is 54.7. The third-order valence-corrected chi connectivity index (χ3v) is 16.0. The lowest BCUT2D eigenvalue weighted by atomic mass is 9.84. The van der Waals surface area contributed by atoms with Crippen LogP contribution in [0.5, 0.6) is 0 Å². The molecular formula is C54H106NO18P. The fourth-order valence-corrected chi connectivity index (χ4v) is 11.0. The highest BCUT2D eigenvalue weighted by atomic mass is 31.2. The van der Waals surface area contributed by atoms with E-state index in [-0.39, 0.29) is 12.8 Å². The van der Waals surface area contributed by atoms with Crippen molar-refractivity contribution in [1.29, 1.82) is 0 Å². The molecule has 16 unspecified atom stereocenters. The Hall–Kier alpha value is -0.940. The largest absolute Gasteiger partial charge is 0.472 e. The molecule has 2 fully saturated rings. The van der Waals surface area contributed by atoms with E-state index in [1.54, 1.807) is 0 Å². The van der Waals surface area contributed by atoms with Gasteiger partial charge < -0.3 is 75.9 Å². The third kappa shape index (κ3) is 27.8. The molecule has 1 aliphatic carbocycles. The maximum Gasteiger partial charge on any atom is 0.472 e. The van der Waals surface area contributed by atoms with Crippen LogP contribution < -0.4 is 5.32 Å². The Kier molecular flexibility index (Phi) is 38.4. The van der Waals surface area contributed by atoms with E-state index >= 15 is 0 Å². The molecule has 1 amide bonds. The summed E-state index contributed by atoms with van der Waals surface area (Å²) in [6, 6.07) is -1.58. The average molecular weight is 1090 g/mol. The van der Waals surface area contributed by atoms with Crippen LogP contribution in [0.15, 0.2) is 0 Å². The molecule has 440 valence electrons. The number of aliphatic hydroxyl groups excluding tert-OH is 11. The van der Waals surface area contributed by atoms with E-state index in [0.29, 0.717) is 12.8 Å². The Balaban J connectivity index is 1.93.